The highest BCUT2D eigenvalue weighted by Crippen LogP contribution is 2.47. The van der Waals surface area contributed by atoms with Gasteiger partial charge in [0.15, 0.2) is 0 Å². The average Bonchev–Trinajstić information content (AvgIpc) is 3.10. The number of aromatic nitrogens is 2. The van der Waals surface area contributed by atoms with Crippen LogP contribution in [0.5, 0.6) is 0 Å². The third kappa shape index (κ3) is 2.99. The lowest BCUT2D eigenvalue weighted by atomic mass is 10.3. The second kappa shape index (κ2) is 5.91. The van der Waals surface area contributed by atoms with Crippen molar-refractivity contribution in [3.63, 3.8) is 0 Å². The monoisotopic (exact) mass is 323 g/mol. The number of rotatable bonds is 5. The summed E-state index contributed by atoms with van der Waals surface area (Å²) in [6.07, 6.45) is 2.97. The molecule has 5 nitrogen and oxygen atoms in total. The molecule has 0 aromatic carbocycles. The normalized spacial score (nSPS) is 20.0. The molecular weight excluding hydrogens is 302 g/mol. The van der Waals surface area contributed by atoms with Gasteiger partial charge in [-0.25, -0.2) is 4.98 Å². The number of furan rings is 1. The highest BCUT2D eigenvalue weighted by atomic mass is 16.3. The Labute approximate surface area is 140 Å². The fraction of sp³-hybridized carbons (Fsp3) is 0.368. The second-order valence-corrected chi connectivity index (χ2v) is 6.81. The number of pyridine rings is 1. The van der Waals surface area contributed by atoms with E-state index in [0.29, 0.717) is 24.7 Å². The van der Waals surface area contributed by atoms with Crippen LogP contribution in [0.2, 0.25) is 0 Å². The van der Waals surface area contributed by atoms with Crippen LogP contribution in [-0.4, -0.2) is 21.3 Å². The van der Waals surface area contributed by atoms with E-state index in [4.69, 9.17) is 4.42 Å². The molecule has 1 aliphatic carbocycles. The Bertz CT molecular complexity index is 928. The van der Waals surface area contributed by atoms with E-state index in [1.165, 1.54) is 6.42 Å². The minimum atomic E-state index is -0.0491. The van der Waals surface area contributed by atoms with E-state index in [2.05, 4.69) is 28.9 Å². The van der Waals surface area contributed by atoms with Gasteiger partial charge in [0.25, 0.3) is 5.56 Å². The van der Waals surface area contributed by atoms with Crippen molar-refractivity contribution in [3.8, 4) is 0 Å². The summed E-state index contributed by atoms with van der Waals surface area (Å²) < 4.78 is 7.51. The SMILES string of the molecule is C[C@@H]1C[C@@H]1c1ccc(CN(C)Cc2cc(=O)n3ccccc3n2)o1. The molecule has 0 aliphatic heterocycles. The molecule has 0 radical (unpaired) electrons. The Morgan fingerprint density at radius 3 is 2.92 bits per heavy atom. The molecule has 0 amide bonds. The van der Waals surface area contributed by atoms with Gasteiger partial charge in [-0.05, 0) is 43.7 Å². The zero-order valence-electron chi connectivity index (χ0n) is 14.0. The molecule has 2 atom stereocenters. The first-order valence-corrected chi connectivity index (χ1v) is 8.34. The summed E-state index contributed by atoms with van der Waals surface area (Å²) in [6.45, 7) is 3.57. The molecule has 4 rings (SSSR count). The van der Waals surface area contributed by atoms with Crippen LogP contribution >= 0.6 is 0 Å². The molecular formula is C19H21N3O2. The van der Waals surface area contributed by atoms with Crippen molar-refractivity contribution in [1.82, 2.24) is 14.3 Å². The van der Waals surface area contributed by atoms with Crippen molar-refractivity contribution in [2.75, 3.05) is 7.05 Å². The molecule has 0 N–H and O–H groups in total. The summed E-state index contributed by atoms with van der Waals surface area (Å²) in [5.41, 5.74) is 1.40. The fourth-order valence-electron chi connectivity index (χ4n) is 3.18. The molecule has 0 bridgehead atoms. The smallest absolute Gasteiger partial charge is 0.258 e. The lowest BCUT2D eigenvalue weighted by molar-refractivity contribution is 0.280. The van der Waals surface area contributed by atoms with Crippen molar-refractivity contribution >= 4 is 5.65 Å². The first-order valence-electron chi connectivity index (χ1n) is 8.34. The zero-order chi connectivity index (χ0) is 16.7. The number of hydrogen-bond donors (Lipinski definition) is 0. The van der Waals surface area contributed by atoms with Crippen LogP contribution in [0.25, 0.3) is 5.65 Å². The van der Waals surface area contributed by atoms with Crippen LogP contribution in [0.1, 0.15) is 36.5 Å². The molecule has 1 aliphatic rings. The van der Waals surface area contributed by atoms with Gasteiger partial charge in [0.05, 0.1) is 12.2 Å². The van der Waals surface area contributed by atoms with Gasteiger partial charge >= 0.3 is 0 Å². The van der Waals surface area contributed by atoms with Crippen LogP contribution in [-0.2, 0) is 13.1 Å². The van der Waals surface area contributed by atoms with Crippen LogP contribution in [0.3, 0.4) is 0 Å². The Hall–Kier alpha value is -2.40. The highest BCUT2D eigenvalue weighted by Gasteiger charge is 2.36. The van der Waals surface area contributed by atoms with Crippen LogP contribution in [0.4, 0.5) is 0 Å². The third-order valence-electron chi connectivity index (χ3n) is 4.64. The molecule has 1 saturated carbocycles. The zero-order valence-corrected chi connectivity index (χ0v) is 14.0. The van der Waals surface area contributed by atoms with Crippen molar-refractivity contribution in [2.24, 2.45) is 5.92 Å². The summed E-state index contributed by atoms with van der Waals surface area (Å²) in [4.78, 5) is 18.8. The first-order chi connectivity index (χ1) is 11.6. The van der Waals surface area contributed by atoms with E-state index in [0.717, 1.165) is 23.1 Å². The lowest BCUT2D eigenvalue weighted by Gasteiger charge is -2.14. The van der Waals surface area contributed by atoms with Crippen LogP contribution in [0, 0.1) is 5.92 Å². The van der Waals surface area contributed by atoms with E-state index in [1.807, 2.05) is 25.2 Å². The Morgan fingerprint density at radius 2 is 2.12 bits per heavy atom. The van der Waals surface area contributed by atoms with Gasteiger partial charge in [-0.3, -0.25) is 14.1 Å². The molecule has 0 spiro atoms. The van der Waals surface area contributed by atoms with Gasteiger partial charge in [0, 0.05) is 24.7 Å². The molecule has 3 aromatic heterocycles. The number of nitrogens with zero attached hydrogens (tertiary/aromatic N) is 3. The third-order valence-corrected chi connectivity index (χ3v) is 4.64. The summed E-state index contributed by atoms with van der Waals surface area (Å²) in [5, 5.41) is 0. The predicted molar refractivity (Wildman–Crippen MR) is 91.9 cm³/mol. The molecule has 0 unspecified atom stereocenters. The molecule has 24 heavy (non-hydrogen) atoms. The molecule has 5 heteroatoms. The van der Waals surface area contributed by atoms with Crippen molar-refractivity contribution in [1.29, 1.82) is 0 Å². The Morgan fingerprint density at radius 1 is 1.29 bits per heavy atom. The lowest BCUT2D eigenvalue weighted by Crippen LogP contribution is -2.21. The van der Waals surface area contributed by atoms with Gasteiger partial charge < -0.3 is 4.42 Å². The van der Waals surface area contributed by atoms with Crippen molar-refractivity contribution in [2.45, 2.75) is 32.4 Å². The summed E-state index contributed by atoms with van der Waals surface area (Å²) in [5.74, 6) is 3.42. The molecule has 3 aromatic rings. The highest BCUT2D eigenvalue weighted by molar-refractivity contribution is 5.37. The summed E-state index contributed by atoms with van der Waals surface area (Å²) in [6, 6.07) is 11.3. The quantitative estimate of drug-likeness (QED) is 0.724. The largest absolute Gasteiger partial charge is 0.464 e. The van der Waals surface area contributed by atoms with Gasteiger partial charge in [0.1, 0.15) is 17.2 Å². The Balaban J connectivity index is 1.47. The molecule has 1 fully saturated rings. The van der Waals surface area contributed by atoms with Crippen molar-refractivity contribution < 1.29 is 4.42 Å². The Kier molecular flexibility index (Phi) is 3.73. The minimum Gasteiger partial charge on any atom is -0.464 e. The summed E-state index contributed by atoms with van der Waals surface area (Å²) in [7, 11) is 2.01. The van der Waals surface area contributed by atoms with Crippen LogP contribution < -0.4 is 5.56 Å². The van der Waals surface area contributed by atoms with E-state index >= 15 is 0 Å². The minimum absolute atomic E-state index is 0.0491. The maximum absolute atomic E-state index is 12.1. The first kappa shape index (κ1) is 15.1. The molecule has 124 valence electrons. The standard InChI is InChI=1S/C19H21N3O2/c1-13-9-16(13)17-7-6-15(24-17)12-21(2)11-14-10-19(23)22-8-4-3-5-18(22)20-14/h3-8,10,13,16H,9,11-12H2,1-2H3/t13-,16+/m1/s1. The number of hydrogen-bond acceptors (Lipinski definition) is 4. The maximum Gasteiger partial charge on any atom is 0.258 e. The van der Waals surface area contributed by atoms with Gasteiger partial charge in [0.2, 0.25) is 0 Å². The molecule has 3 heterocycles. The van der Waals surface area contributed by atoms with Gasteiger partial charge in [-0.15, -0.1) is 0 Å². The van der Waals surface area contributed by atoms with Crippen molar-refractivity contribution in [3.05, 3.63) is 70.2 Å². The molecule has 0 saturated heterocycles. The average molecular weight is 323 g/mol. The van der Waals surface area contributed by atoms with E-state index in [-0.39, 0.29) is 5.56 Å². The van der Waals surface area contributed by atoms with Crippen LogP contribution in [0.15, 0.2) is 51.8 Å². The van der Waals surface area contributed by atoms with E-state index in [9.17, 15) is 4.79 Å². The van der Waals surface area contributed by atoms with E-state index < -0.39 is 0 Å². The maximum atomic E-state index is 12.1. The van der Waals surface area contributed by atoms with E-state index in [1.54, 1.807) is 16.7 Å². The predicted octanol–water partition coefficient (Wildman–Crippen LogP) is 3.04. The second-order valence-electron chi connectivity index (χ2n) is 6.81. The fourth-order valence-corrected chi connectivity index (χ4v) is 3.18. The number of fused-ring (bicyclic) bond motifs is 1. The summed E-state index contributed by atoms with van der Waals surface area (Å²) >= 11 is 0. The van der Waals surface area contributed by atoms with Gasteiger partial charge in [-0.2, -0.15) is 0 Å². The topological polar surface area (TPSA) is 50.8 Å². The van der Waals surface area contributed by atoms with Gasteiger partial charge in [-0.1, -0.05) is 13.0 Å².